The maximum Gasteiger partial charge on any atom is 0.137 e. The average Bonchev–Trinajstić information content (AvgIpc) is 2.87. The molecular formula is C17H19N3. The second-order valence-electron chi connectivity index (χ2n) is 5.18. The van der Waals surface area contributed by atoms with Crippen molar-refractivity contribution in [3.8, 4) is 0 Å². The highest BCUT2D eigenvalue weighted by Crippen LogP contribution is 2.17. The smallest absolute Gasteiger partial charge is 0.137 e. The van der Waals surface area contributed by atoms with Crippen LogP contribution < -0.4 is 5.73 Å². The molecule has 3 nitrogen and oxygen atoms in total. The van der Waals surface area contributed by atoms with Gasteiger partial charge in [-0.05, 0) is 36.6 Å². The van der Waals surface area contributed by atoms with Crippen LogP contribution in [0.3, 0.4) is 0 Å². The Labute approximate surface area is 119 Å². The fraction of sp³-hybridized carbons (Fsp3) is 0.235. The van der Waals surface area contributed by atoms with Gasteiger partial charge >= 0.3 is 0 Å². The molecule has 0 saturated heterocycles. The number of benzene rings is 1. The zero-order chi connectivity index (χ0) is 14.1. The fourth-order valence-electron chi connectivity index (χ4n) is 2.44. The normalized spacial score (nSPS) is 11.1. The molecule has 102 valence electrons. The van der Waals surface area contributed by atoms with Gasteiger partial charge in [-0.2, -0.15) is 0 Å². The van der Waals surface area contributed by atoms with Gasteiger partial charge in [0.05, 0.1) is 11.4 Å². The molecule has 2 aromatic heterocycles. The Balaban J connectivity index is 1.92. The summed E-state index contributed by atoms with van der Waals surface area (Å²) < 4.78 is 2.06. The van der Waals surface area contributed by atoms with E-state index in [0.29, 0.717) is 0 Å². The molecule has 20 heavy (non-hydrogen) atoms. The summed E-state index contributed by atoms with van der Waals surface area (Å²) in [5.74, 6) is 0. The third kappa shape index (κ3) is 2.27. The second-order valence-corrected chi connectivity index (χ2v) is 5.18. The minimum absolute atomic E-state index is 0.800. The number of imidazole rings is 1. The van der Waals surface area contributed by atoms with Crippen LogP contribution in [0.2, 0.25) is 0 Å². The van der Waals surface area contributed by atoms with Crippen LogP contribution in [0.15, 0.2) is 42.6 Å². The highest BCUT2D eigenvalue weighted by molar-refractivity contribution is 5.53. The van der Waals surface area contributed by atoms with Crippen molar-refractivity contribution in [3.05, 3.63) is 65.1 Å². The number of aryl methyl sites for hydroxylation is 2. The molecule has 0 aliphatic carbocycles. The molecule has 0 amide bonds. The van der Waals surface area contributed by atoms with Crippen molar-refractivity contribution < 1.29 is 0 Å². The topological polar surface area (TPSA) is 43.3 Å². The lowest BCUT2D eigenvalue weighted by Crippen LogP contribution is -1.96. The van der Waals surface area contributed by atoms with E-state index in [9.17, 15) is 0 Å². The minimum Gasteiger partial charge on any atom is -0.397 e. The van der Waals surface area contributed by atoms with E-state index in [-0.39, 0.29) is 0 Å². The summed E-state index contributed by atoms with van der Waals surface area (Å²) in [4.78, 5) is 4.66. The first kappa shape index (κ1) is 12.7. The molecule has 0 aliphatic rings. The first-order valence-electron chi connectivity index (χ1n) is 6.98. The van der Waals surface area contributed by atoms with Gasteiger partial charge in [-0.1, -0.05) is 31.2 Å². The van der Waals surface area contributed by atoms with Crippen LogP contribution >= 0.6 is 0 Å². The van der Waals surface area contributed by atoms with Crippen LogP contribution in [0.1, 0.15) is 29.4 Å². The van der Waals surface area contributed by atoms with Crippen LogP contribution in [0.5, 0.6) is 0 Å². The molecule has 2 N–H and O–H groups in total. The molecule has 0 radical (unpaired) electrons. The van der Waals surface area contributed by atoms with Crippen molar-refractivity contribution in [1.82, 2.24) is 9.38 Å². The highest BCUT2D eigenvalue weighted by atomic mass is 15.0. The molecular weight excluding hydrogens is 246 g/mol. The number of hydrogen-bond acceptors (Lipinski definition) is 2. The third-order valence-corrected chi connectivity index (χ3v) is 3.79. The number of rotatable bonds is 3. The van der Waals surface area contributed by atoms with Gasteiger partial charge in [0.2, 0.25) is 0 Å². The summed E-state index contributed by atoms with van der Waals surface area (Å²) >= 11 is 0. The van der Waals surface area contributed by atoms with E-state index in [1.54, 1.807) is 0 Å². The first-order valence-corrected chi connectivity index (χ1v) is 6.98. The number of aromatic nitrogens is 2. The minimum atomic E-state index is 0.800. The molecule has 0 unspecified atom stereocenters. The van der Waals surface area contributed by atoms with Crippen LogP contribution in [0.4, 0.5) is 5.69 Å². The predicted molar refractivity (Wildman–Crippen MR) is 83.0 cm³/mol. The van der Waals surface area contributed by atoms with Crippen molar-refractivity contribution >= 4 is 11.3 Å². The third-order valence-electron chi connectivity index (χ3n) is 3.79. The van der Waals surface area contributed by atoms with E-state index in [2.05, 4.69) is 46.8 Å². The maximum atomic E-state index is 5.93. The fourth-order valence-corrected chi connectivity index (χ4v) is 2.44. The van der Waals surface area contributed by atoms with E-state index in [1.807, 2.05) is 19.1 Å². The van der Waals surface area contributed by atoms with Crippen LogP contribution in [-0.2, 0) is 12.8 Å². The van der Waals surface area contributed by atoms with Crippen molar-refractivity contribution in [2.45, 2.75) is 26.7 Å². The first-order chi connectivity index (χ1) is 9.67. The molecule has 3 rings (SSSR count). The molecule has 0 bridgehead atoms. The zero-order valence-corrected chi connectivity index (χ0v) is 11.9. The second kappa shape index (κ2) is 5.00. The van der Waals surface area contributed by atoms with Gasteiger partial charge in [-0.3, -0.25) is 0 Å². The van der Waals surface area contributed by atoms with Gasteiger partial charge < -0.3 is 10.1 Å². The van der Waals surface area contributed by atoms with Crippen LogP contribution in [0, 0.1) is 6.92 Å². The lowest BCUT2D eigenvalue weighted by atomic mass is 10.1. The number of nitrogens with zero attached hydrogens (tertiary/aromatic N) is 2. The molecule has 0 fully saturated rings. The van der Waals surface area contributed by atoms with Gasteiger partial charge in [-0.25, -0.2) is 4.98 Å². The molecule has 0 atom stereocenters. The van der Waals surface area contributed by atoms with Crippen molar-refractivity contribution in [2.75, 3.05) is 5.73 Å². The van der Waals surface area contributed by atoms with E-state index in [0.717, 1.165) is 35.6 Å². The lowest BCUT2D eigenvalue weighted by Gasteiger charge is -2.02. The average molecular weight is 265 g/mol. The molecule has 2 heterocycles. The predicted octanol–water partition coefficient (Wildman–Crippen LogP) is 3.38. The number of nitrogen functional groups attached to an aromatic ring is 1. The SMILES string of the molecule is CCc1ccc(Cc2cn3c(C)c(N)ccc3n2)cc1. The number of anilines is 1. The Bertz CT molecular complexity index is 739. The number of hydrogen-bond donors (Lipinski definition) is 1. The Kier molecular flexibility index (Phi) is 3.18. The van der Waals surface area contributed by atoms with Crippen molar-refractivity contribution in [2.24, 2.45) is 0 Å². The van der Waals surface area contributed by atoms with Gasteiger partial charge in [0.15, 0.2) is 0 Å². The molecule has 0 saturated carbocycles. The summed E-state index contributed by atoms with van der Waals surface area (Å²) in [7, 11) is 0. The van der Waals surface area contributed by atoms with Crippen molar-refractivity contribution in [3.63, 3.8) is 0 Å². The summed E-state index contributed by atoms with van der Waals surface area (Å²) in [5.41, 5.74) is 12.5. The standard InChI is InChI=1S/C17H19N3/c1-3-13-4-6-14(7-5-13)10-15-11-20-12(2)16(18)8-9-17(20)19-15/h4-9,11H,3,10,18H2,1-2H3. The lowest BCUT2D eigenvalue weighted by molar-refractivity contribution is 1.08. The largest absolute Gasteiger partial charge is 0.397 e. The van der Waals surface area contributed by atoms with Crippen LogP contribution in [-0.4, -0.2) is 9.38 Å². The monoisotopic (exact) mass is 265 g/mol. The number of fused-ring (bicyclic) bond motifs is 1. The maximum absolute atomic E-state index is 5.93. The van der Waals surface area contributed by atoms with Gasteiger partial charge in [-0.15, -0.1) is 0 Å². The van der Waals surface area contributed by atoms with E-state index < -0.39 is 0 Å². The summed E-state index contributed by atoms with van der Waals surface area (Å²) in [6.45, 7) is 4.19. The Hall–Kier alpha value is -2.29. The number of pyridine rings is 1. The van der Waals surface area contributed by atoms with Gasteiger partial charge in [0.25, 0.3) is 0 Å². The number of nitrogens with two attached hydrogens (primary N) is 1. The van der Waals surface area contributed by atoms with E-state index >= 15 is 0 Å². The summed E-state index contributed by atoms with van der Waals surface area (Å²) in [5, 5.41) is 0. The summed E-state index contributed by atoms with van der Waals surface area (Å²) in [6.07, 6.45) is 4.01. The highest BCUT2D eigenvalue weighted by Gasteiger charge is 2.06. The Morgan fingerprint density at radius 3 is 2.45 bits per heavy atom. The summed E-state index contributed by atoms with van der Waals surface area (Å²) in [6, 6.07) is 12.6. The molecule has 0 spiro atoms. The zero-order valence-electron chi connectivity index (χ0n) is 11.9. The van der Waals surface area contributed by atoms with Crippen molar-refractivity contribution in [1.29, 1.82) is 0 Å². The van der Waals surface area contributed by atoms with Gasteiger partial charge in [0, 0.05) is 18.3 Å². The molecule has 0 aliphatic heterocycles. The quantitative estimate of drug-likeness (QED) is 0.789. The van der Waals surface area contributed by atoms with Crippen LogP contribution in [0.25, 0.3) is 5.65 Å². The molecule has 1 aromatic carbocycles. The van der Waals surface area contributed by atoms with E-state index in [4.69, 9.17) is 5.73 Å². The Morgan fingerprint density at radius 1 is 1.05 bits per heavy atom. The molecule has 3 heteroatoms. The van der Waals surface area contributed by atoms with Gasteiger partial charge in [0.1, 0.15) is 5.65 Å². The Morgan fingerprint density at radius 2 is 1.75 bits per heavy atom. The van der Waals surface area contributed by atoms with E-state index in [1.165, 1.54) is 11.1 Å². The molecule has 3 aromatic rings.